The quantitative estimate of drug-likeness (QED) is 0.0174. The Balaban J connectivity index is 1.78. The molecule has 15 heteroatoms. The van der Waals surface area contributed by atoms with Crippen molar-refractivity contribution in [1.29, 1.82) is 0 Å². The molecule has 15 nitrogen and oxygen atoms in total. The summed E-state index contributed by atoms with van der Waals surface area (Å²) in [5.41, 5.74) is 0. The smallest absolute Gasteiger partial charge is 0.306 e. The summed E-state index contributed by atoms with van der Waals surface area (Å²) in [7, 11) is 0. The largest absolute Gasteiger partial charge is 0.462 e. The number of allylic oxidation sites excluding steroid dienone is 2. The van der Waals surface area contributed by atoms with E-state index in [2.05, 4.69) is 26.0 Å². The number of hydrogen-bond acceptors (Lipinski definition) is 15. The average Bonchev–Trinajstić information content (AvgIpc) is 3.33. The number of aliphatic hydroxyl groups excluding tert-OH is 7. The van der Waals surface area contributed by atoms with Gasteiger partial charge in [-0.15, -0.1) is 0 Å². The van der Waals surface area contributed by atoms with E-state index in [0.29, 0.717) is 12.8 Å². The first kappa shape index (κ1) is 62.4. The molecule has 0 aliphatic carbocycles. The summed E-state index contributed by atoms with van der Waals surface area (Å²) in [6.45, 7) is 2.60. The summed E-state index contributed by atoms with van der Waals surface area (Å²) >= 11 is 0. The minimum Gasteiger partial charge on any atom is -0.462 e. The molecule has 0 aromatic heterocycles. The minimum atomic E-state index is -1.76. The van der Waals surface area contributed by atoms with Crippen molar-refractivity contribution in [2.45, 2.75) is 287 Å². The molecule has 0 aromatic carbocycles. The van der Waals surface area contributed by atoms with E-state index in [1.807, 2.05) is 0 Å². The predicted octanol–water partition coefficient (Wildman–Crippen LogP) is 8.16. The highest BCUT2D eigenvalue weighted by Gasteiger charge is 2.47. The number of carbonyl (C=O) groups excluding carboxylic acids is 2. The van der Waals surface area contributed by atoms with Crippen LogP contribution in [-0.4, -0.2) is 142 Å². The molecule has 2 saturated heterocycles. The Morgan fingerprint density at radius 3 is 1.31 bits per heavy atom. The first-order valence-corrected chi connectivity index (χ1v) is 27.3. The van der Waals surface area contributed by atoms with Gasteiger partial charge in [-0.1, -0.05) is 180 Å². The van der Waals surface area contributed by atoms with Gasteiger partial charge in [0.2, 0.25) is 0 Å². The van der Waals surface area contributed by atoms with Crippen molar-refractivity contribution in [1.82, 2.24) is 0 Å². The van der Waals surface area contributed by atoms with Crippen LogP contribution in [0.4, 0.5) is 0 Å². The zero-order valence-corrected chi connectivity index (χ0v) is 42.4. The van der Waals surface area contributed by atoms with Crippen molar-refractivity contribution in [2.24, 2.45) is 0 Å². The van der Waals surface area contributed by atoms with E-state index in [4.69, 9.17) is 28.4 Å². The molecule has 0 saturated carbocycles. The van der Waals surface area contributed by atoms with E-state index < -0.39 is 92.7 Å². The zero-order valence-electron chi connectivity index (χ0n) is 42.4. The van der Waals surface area contributed by atoms with Gasteiger partial charge in [0.25, 0.3) is 0 Å². The third kappa shape index (κ3) is 28.3. The molecule has 2 aliphatic heterocycles. The third-order valence-corrected chi connectivity index (χ3v) is 13.2. The second-order valence-corrected chi connectivity index (χ2v) is 19.4. The summed E-state index contributed by atoms with van der Waals surface area (Å²) in [4.78, 5) is 25.8. The topological polar surface area (TPSA) is 231 Å². The molecule has 0 radical (unpaired) electrons. The van der Waals surface area contributed by atoms with Gasteiger partial charge in [-0.3, -0.25) is 9.59 Å². The number of hydrogen-bond donors (Lipinski definition) is 7. The lowest BCUT2D eigenvalue weighted by Gasteiger charge is -2.42. The van der Waals surface area contributed by atoms with Crippen molar-refractivity contribution in [2.75, 3.05) is 26.4 Å². The maximum Gasteiger partial charge on any atom is 0.306 e. The maximum absolute atomic E-state index is 13.0. The van der Waals surface area contributed by atoms with Gasteiger partial charge in [0, 0.05) is 12.8 Å². The van der Waals surface area contributed by atoms with E-state index in [1.54, 1.807) is 0 Å². The van der Waals surface area contributed by atoms with Crippen LogP contribution < -0.4 is 0 Å². The van der Waals surface area contributed by atoms with Gasteiger partial charge in [0.1, 0.15) is 55.4 Å². The van der Waals surface area contributed by atoms with Crippen LogP contribution in [0.1, 0.15) is 219 Å². The van der Waals surface area contributed by atoms with E-state index >= 15 is 0 Å². The van der Waals surface area contributed by atoms with Gasteiger partial charge in [-0.05, 0) is 38.5 Å². The minimum absolute atomic E-state index is 0.168. The number of unbranched alkanes of at least 4 members (excludes halogenated alkanes) is 27. The van der Waals surface area contributed by atoms with E-state index in [-0.39, 0.29) is 26.1 Å². The normalized spacial score (nSPS) is 25.8. The average molecular weight is 975 g/mol. The summed E-state index contributed by atoms with van der Waals surface area (Å²) < 4.78 is 33.6. The zero-order chi connectivity index (χ0) is 49.6. The van der Waals surface area contributed by atoms with Crippen LogP contribution in [0.5, 0.6) is 0 Å². The summed E-state index contributed by atoms with van der Waals surface area (Å²) in [6, 6.07) is 0. The lowest BCUT2D eigenvalue weighted by Crippen LogP contribution is -2.61. The summed E-state index contributed by atoms with van der Waals surface area (Å²) in [5.74, 6) is -0.932. The van der Waals surface area contributed by atoms with Gasteiger partial charge in [0.05, 0.1) is 19.8 Å². The number of esters is 2. The monoisotopic (exact) mass is 975 g/mol. The number of rotatable bonds is 43. The van der Waals surface area contributed by atoms with E-state index in [9.17, 15) is 45.3 Å². The number of carbonyl (C=O) groups is 2. The Labute approximate surface area is 410 Å². The molecule has 0 aromatic rings. The number of ether oxygens (including phenoxy) is 6. The Morgan fingerprint density at radius 2 is 0.838 bits per heavy atom. The highest BCUT2D eigenvalue weighted by molar-refractivity contribution is 5.70. The standard InChI is InChI=1S/C53H98O15/c1-3-5-7-9-11-13-15-17-18-19-20-21-22-24-26-28-30-32-34-36-45(56)66-41(38-63-44(55)35-33-31-29-27-25-23-16-14-12-10-8-6-4-2)39-64-52-51(62)49(60)47(58)43(68-52)40-65-53-50(61)48(59)46(57)42(37-54)67-53/h23,25,41-43,46-54,57-62H,3-22,24,26-40H2,1-2H3/b25-23+/t41-,42+,43+,46-,47-,48?,49?,50?,51?,52+,53+/m1/s1. The van der Waals surface area contributed by atoms with Crippen molar-refractivity contribution < 1.29 is 73.8 Å². The van der Waals surface area contributed by atoms with Crippen LogP contribution in [0, 0.1) is 0 Å². The predicted molar refractivity (Wildman–Crippen MR) is 261 cm³/mol. The Hall–Kier alpha value is -1.76. The van der Waals surface area contributed by atoms with E-state index in [1.165, 1.54) is 135 Å². The second kappa shape index (κ2) is 40.8. The fraction of sp³-hybridized carbons (Fsp3) is 0.925. The maximum atomic E-state index is 13.0. The van der Waals surface area contributed by atoms with Crippen LogP contribution in [0.15, 0.2) is 12.2 Å². The molecular weight excluding hydrogens is 877 g/mol. The molecular formula is C53H98O15. The van der Waals surface area contributed by atoms with Gasteiger partial charge in [0.15, 0.2) is 18.7 Å². The van der Waals surface area contributed by atoms with Gasteiger partial charge in [-0.25, -0.2) is 0 Å². The van der Waals surface area contributed by atoms with Gasteiger partial charge < -0.3 is 64.2 Å². The lowest BCUT2D eigenvalue weighted by atomic mass is 9.98. The number of aliphatic hydroxyl groups is 7. The second-order valence-electron chi connectivity index (χ2n) is 19.4. The lowest BCUT2D eigenvalue weighted by molar-refractivity contribution is -0.332. The molecule has 68 heavy (non-hydrogen) atoms. The van der Waals surface area contributed by atoms with Crippen LogP contribution in [0.2, 0.25) is 0 Å². The molecule has 11 atom stereocenters. The van der Waals surface area contributed by atoms with Crippen molar-refractivity contribution in [3.63, 3.8) is 0 Å². The Morgan fingerprint density at radius 1 is 0.456 bits per heavy atom. The van der Waals surface area contributed by atoms with Crippen LogP contribution in [-0.2, 0) is 38.0 Å². The molecule has 0 amide bonds. The molecule has 7 N–H and O–H groups in total. The first-order chi connectivity index (χ1) is 33.0. The highest BCUT2D eigenvalue weighted by Crippen LogP contribution is 2.27. The highest BCUT2D eigenvalue weighted by atomic mass is 16.7. The molecule has 400 valence electrons. The molecule has 2 rings (SSSR count). The van der Waals surface area contributed by atoms with Crippen molar-refractivity contribution in [3.8, 4) is 0 Å². The van der Waals surface area contributed by atoms with Gasteiger partial charge in [-0.2, -0.15) is 0 Å². The van der Waals surface area contributed by atoms with Crippen LogP contribution in [0.3, 0.4) is 0 Å². The Bertz CT molecular complexity index is 1240. The molecule has 0 bridgehead atoms. The molecule has 4 unspecified atom stereocenters. The third-order valence-electron chi connectivity index (χ3n) is 13.2. The van der Waals surface area contributed by atoms with Crippen molar-refractivity contribution in [3.05, 3.63) is 12.2 Å². The van der Waals surface area contributed by atoms with Crippen molar-refractivity contribution >= 4 is 11.9 Å². The molecule has 0 spiro atoms. The van der Waals surface area contributed by atoms with E-state index in [0.717, 1.165) is 44.9 Å². The van der Waals surface area contributed by atoms with Crippen LogP contribution in [0.25, 0.3) is 0 Å². The Kier molecular flexibility index (Phi) is 37.4. The molecule has 2 heterocycles. The fourth-order valence-electron chi connectivity index (χ4n) is 8.74. The molecule has 2 fully saturated rings. The van der Waals surface area contributed by atoms with Gasteiger partial charge >= 0.3 is 11.9 Å². The van der Waals surface area contributed by atoms with Crippen LogP contribution >= 0.6 is 0 Å². The summed E-state index contributed by atoms with van der Waals surface area (Å²) in [5, 5.41) is 72.1. The molecule has 2 aliphatic rings. The first-order valence-electron chi connectivity index (χ1n) is 27.3. The SMILES string of the molecule is CCCCCCCC/C=C/CCCCCC(=O)OC[C@H](CO[C@H]1O[C@@H](CO[C@H]2O[C@@H](CO)[C@@H](O)C(O)C2O)[C@@H](O)C(O)C1O)OC(=O)CCCCCCCCCCCCCCCCCCCCC. The summed E-state index contributed by atoms with van der Waals surface area (Å²) in [6.07, 6.45) is 23.8. The fourth-order valence-corrected chi connectivity index (χ4v) is 8.74.